The third-order valence-electron chi connectivity index (χ3n) is 3.58. The van der Waals surface area contributed by atoms with Crippen LogP contribution in [0.4, 0.5) is 5.69 Å². The Morgan fingerprint density at radius 3 is 2.72 bits per heavy atom. The minimum atomic E-state index is -0.259. The van der Waals surface area contributed by atoms with Crippen LogP contribution in [-0.4, -0.2) is 15.5 Å². The first-order valence-electron chi connectivity index (χ1n) is 7.38. The summed E-state index contributed by atoms with van der Waals surface area (Å²) in [7, 11) is 1.91. The second-order valence-electron chi connectivity index (χ2n) is 5.42. The van der Waals surface area contributed by atoms with E-state index < -0.39 is 0 Å². The Morgan fingerprint density at radius 2 is 2.12 bits per heavy atom. The summed E-state index contributed by atoms with van der Waals surface area (Å²) in [5.41, 5.74) is 1.10. The molecule has 0 saturated heterocycles. The van der Waals surface area contributed by atoms with Crippen molar-refractivity contribution in [1.82, 2.24) is 9.55 Å². The lowest BCUT2D eigenvalue weighted by Crippen LogP contribution is -2.13. The van der Waals surface area contributed by atoms with Crippen molar-refractivity contribution in [3.63, 3.8) is 0 Å². The summed E-state index contributed by atoms with van der Waals surface area (Å²) in [6.07, 6.45) is 3.59. The quantitative estimate of drug-likeness (QED) is 0.586. The largest absolute Gasteiger partial charge is 0.465 e. The molecule has 0 radical (unpaired) electrons. The molecule has 0 bridgehead atoms. The van der Waals surface area contributed by atoms with Gasteiger partial charge >= 0.3 is 0 Å². The number of aromatic nitrogens is 2. The van der Waals surface area contributed by atoms with Gasteiger partial charge in [-0.1, -0.05) is 11.6 Å². The van der Waals surface area contributed by atoms with Crippen molar-refractivity contribution in [3.8, 4) is 0 Å². The summed E-state index contributed by atoms with van der Waals surface area (Å²) in [6.45, 7) is 3.56. The molecule has 0 fully saturated rings. The van der Waals surface area contributed by atoms with Crippen molar-refractivity contribution in [2.24, 2.45) is 7.05 Å². The number of nitrogens with zero attached hydrogens (tertiary/aromatic N) is 2. The van der Waals surface area contributed by atoms with Crippen molar-refractivity contribution in [2.45, 2.75) is 23.9 Å². The number of rotatable bonds is 4. The highest BCUT2D eigenvalue weighted by atomic mass is 79.9. The van der Waals surface area contributed by atoms with Crippen LogP contribution < -0.4 is 5.32 Å². The van der Waals surface area contributed by atoms with Gasteiger partial charge < -0.3 is 14.3 Å². The molecule has 0 spiro atoms. The van der Waals surface area contributed by atoms with E-state index >= 15 is 0 Å². The van der Waals surface area contributed by atoms with Gasteiger partial charge in [0.05, 0.1) is 15.7 Å². The number of amides is 1. The van der Waals surface area contributed by atoms with E-state index in [-0.39, 0.29) is 5.91 Å². The van der Waals surface area contributed by atoms with E-state index in [9.17, 15) is 4.79 Å². The van der Waals surface area contributed by atoms with Crippen LogP contribution in [0.3, 0.4) is 0 Å². The molecule has 3 aromatic rings. The molecular weight excluding hydrogens is 426 g/mol. The van der Waals surface area contributed by atoms with Crippen LogP contribution in [-0.2, 0) is 7.05 Å². The molecule has 3 rings (SSSR count). The van der Waals surface area contributed by atoms with Gasteiger partial charge in [0, 0.05) is 29.4 Å². The first kappa shape index (κ1) is 18.1. The topological polar surface area (TPSA) is 60.1 Å². The Balaban J connectivity index is 1.92. The summed E-state index contributed by atoms with van der Waals surface area (Å²) in [5, 5.41) is 4.28. The van der Waals surface area contributed by atoms with E-state index in [1.807, 2.05) is 23.9 Å². The molecule has 0 unspecified atom stereocenters. The summed E-state index contributed by atoms with van der Waals surface area (Å²) in [4.78, 5) is 17.9. The summed E-state index contributed by atoms with van der Waals surface area (Å²) in [5.74, 6) is 0.962. The van der Waals surface area contributed by atoms with Gasteiger partial charge in [-0.15, -0.1) is 0 Å². The molecule has 1 aromatic carbocycles. The van der Waals surface area contributed by atoms with Gasteiger partial charge in [0.25, 0.3) is 5.91 Å². The summed E-state index contributed by atoms with van der Waals surface area (Å²) in [6, 6.07) is 5.37. The smallest absolute Gasteiger partial charge is 0.260 e. The molecule has 1 amide bonds. The number of hydrogen-bond donors (Lipinski definition) is 1. The van der Waals surface area contributed by atoms with Crippen molar-refractivity contribution >= 4 is 50.9 Å². The molecule has 25 heavy (non-hydrogen) atoms. The van der Waals surface area contributed by atoms with Crippen LogP contribution in [0.15, 0.2) is 49.5 Å². The van der Waals surface area contributed by atoms with E-state index in [0.29, 0.717) is 32.3 Å². The predicted molar refractivity (Wildman–Crippen MR) is 103 cm³/mol. The zero-order chi connectivity index (χ0) is 18.1. The lowest BCUT2D eigenvalue weighted by molar-refractivity contribution is 0.102. The minimum Gasteiger partial charge on any atom is -0.465 e. The maximum Gasteiger partial charge on any atom is 0.260 e. The van der Waals surface area contributed by atoms with Crippen LogP contribution in [0.1, 0.15) is 21.9 Å². The van der Waals surface area contributed by atoms with Crippen LogP contribution in [0.5, 0.6) is 0 Å². The van der Waals surface area contributed by atoms with Crippen LogP contribution >= 0.6 is 39.3 Å². The number of furan rings is 1. The standard InChI is InChI=1S/C17H15BrClN3O2S/c1-9-14(15(18)10(2)24-9)16(23)21-12-8-11(19)4-5-13(12)25-17-20-6-7-22(17)3/h4-8H,1-3H3,(H,21,23). The fourth-order valence-corrected chi connectivity index (χ4v) is 3.92. The Kier molecular flexibility index (Phi) is 5.27. The van der Waals surface area contributed by atoms with Gasteiger partial charge in [0.1, 0.15) is 11.5 Å². The maximum atomic E-state index is 12.7. The van der Waals surface area contributed by atoms with E-state index in [1.54, 1.807) is 32.2 Å². The van der Waals surface area contributed by atoms with Gasteiger partial charge in [-0.2, -0.15) is 0 Å². The van der Waals surface area contributed by atoms with E-state index in [2.05, 4.69) is 26.2 Å². The average Bonchev–Trinajstić information content (AvgIpc) is 3.05. The average molecular weight is 441 g/mol. The number of benzene rings is 1. The predicted octanol–water partition coefficient (Wildman–Crippen LogP) is 5.45. The van der Waals surface area contributed by atoms with Crippen molar-refractivity contribution in [1.29, 1.82) is 0 Å². The molecule has 0 atom stereocenters. The first-order valence-corrected chi connectivity index (χ1v) is 9.37. The number of imidazole rings is 1. The fourth-order valence-electron chi connectivity index (χ4n) is 2.34. The third-order valence-corrected chi connectivity index (χ3v) is 5.92. The second kappa shape index (κ2) is 7.27. The molecular formula is C17H15BrClN3O2S. The first-order chi connectivity index (χ1) is 11.9. The number of carbonyl (C=O) groups is 1. The van der Waals surface area contributed by atoms with Crippen LogP contribution in [0.2, 0.25) is 5.02 Å². The molecule has 0 aliphatic rings. The molecule has 130 valence electrons. The van der Waals surface area contributed by atoms with Crippen molar-refractivity contribution in [3.05, 3.63) is 57.2 Å². The lowest BCUT2D eigenvalue weighted by atomic mass is 10.2. The van der Waals surface area contributed by atoms with Gasteiger partial charge in [-0.05, 0) is 59.7 Å². The van der Waals surface area contributed by atoms with Gasteiger partial charge in [0.15, 0.2) is 5.16 Å². The third kappa shape index (κ3) is 3.78. The number of aryl methyl sites for hydroxylation is 3. The van der Waals surface area contributed by atoms with E-state index in [1.165, 1.54) is 11.8 Å². The highest BCUT2D eigenvalue weighted by Crippen LogP contribution is 2.35. The van der Waals surface area contributed by atoms with Crippen molar-refractivity contribution in [2.75, 3.05) is 5.32 Å². The number of hydrogen-bond acceptors (Lipinski definition) is 4. The Hall–Kier alpha value is -1.70. The van der Waals surface area contributed by atoms with Crippen molar-refractivity contribution < 1.29 is 9.21 Å². The molecule has 2 heterocycles. The van der Waals surface area contributed by atoms with E-state index in [0.717, 1.165) is 10.1 Å². The summed E-state index contributed by atoms with van der Waals surface area (Å²) < 4.78 is 8.07. The molecule has 0 aliphatic carbocycles. The van der Waals surface area contributed by atoms with Gasteiger partial charge in [-0.25, -0.2) is 4.98 Å². The monoisotopic (exact) mass is 439 g/mol. The van der Waals surface area contributed by atoms with Crippen LogP contribution in [0.25, 0.3) is 0 Å². The summed E-state index contributed by atoms with van der Waals surface area (Å²) >= 11 is 11.0. The second-order valence-corrected chi connectivity index (χ2v) is 7.66. The number of nitrogens with one attached hydrogen (secondary N) is 1. The lowest BCUT2D eigenvalue weighted by Gasteiger charge is -2.11. The minimum absolute atomic E-state index is 0.259. The molecule has 8 heteroatoms. The SMILES string of the molecule is Cc1oc(C)c(C(=O)Nc2cc(Cl)ccc2Sc2nccn2C)c1Br. The van der Waals surface area contributed by atoms with Gasteiger partial charge in [0.2, 0.25) is 0 Å². The molecule has 5 nitrogen and oxygen atoms in total. The molecule has 0 aliphatic heterocycles. The molecule has 1 N–H and O–H groups in total. The zero-order valence-corrected chi connectivity index (χ0v) is 16.9. The highest BCUT2D eigenvalue weighted by molar-refractivity contribution is 9.10. The Bertz CT molecular complexity index is 952. The normalized spacial score (nSPS) is 10.9. The number of halogens is 2. The Labute approximate surface area is 162 Å². The fraction of sp³-hybridized carbons (Fsp3) is 0.176. The molecule has 0 saturated carbocycles. The number of anilines is 1. The molecule has 2 aromatic heterocycles. The van der Waals surface area contributed by atoms with E-state index in [4.69, 9.17) is 16.0 Å². The highest BCUT2D eigenvalue weighted by Gasteiger charge is 2.21. The number of carbonyl (C=O) groups excluding carboxylic acids is 1. The van der Waals surface area contributed by atoms with Gasteiger partial charge in [-0.3, -0.25) is 4.79 Å². The Morgan fingerprint density at radius 1 is 1.36 bits per heavy atom. The zero-order valence-electron chi connectivity index (χ0n) is 13.8. The van der Waals surface area contributed by atoms with Crippen LogP contribution in [0, 0.1) is 13.8 Å². The maximum absolute atomic E-state index is 12.7.